The third-order valence-electron chi connectivity index (χ3n) is 3.40. The number of hydrogen-bond acceptors (Lipinski definition) is 4. The summed E-state index contributed by atoms with van der Waals surface area (Å²) in [6.07, 6.45) is 3.79. The Morgan fingerprint density at radius 2 is 1.90 bits per heavy atom. The van der Waals surface area contributed by atoms with Crippen LogP contribution in [0, 0.1) is 11.3 Å². The molecule has 1 N–H and O–H groups in total. The normalized spacial score (nSPS) is 12.4. The molecule has 0 saturated heterocycles. The van der Waals surface area contributed by atoms with Crippen LogP contribution in [-0.4, -0.2) is 31.8 Å². The van der Waals surface area contributed by atoms with E-state index in [1.807, 2.05) is 0 Å². The molecule has 1 atom stereocenters. The van der Waals surface area contributed by atoms with E-state index in [1.165, 1.54) is 6.42 Å². The summed E-state index contributed by atoms with van der Waals surface area (Å²) in [5.41, 5.74) is 0.197. The lowest BCUT2D eigenvalue weighted by atomic mass is 9.80. The lowest BCUT2D eigenvalue weighted by Crippen LogP contribution is -2.30. The maximum atomic E-state index is 11.4. The number of amides is 1. The minimum absolute atomic E-state index is 0.0395. The summed E-state index contributed by atoms with van der Waals surface area (Å²) in [5, 5.41) is 2.71. The van der Waals surface area contributed by atoms with Gasteiger partial charge in [0.1, 0.15) is 13.2 Å². The number of esters is 1. The highest BCUT2D eigenvalue weighted by atomic mass is 16.6. The summed E-state index contributed by atoms with van der Waals surface area (Å²) < 4.78 is 9.59. The predicted molar refractivity (Wildman–Crippen MR) is 83.0 cm³/mol. The summed E-state index contributed by atoms with van der Waals surface area (Å²) in [4.78, 5) is 22.2. The number of alkyl carbamates (subject to hydrolysis) is 1. The van der Waals surface area contributed by atoms with Crippen molar-refractivity contribution in [3.8, 4) is 0 Å². The largest absolute Gasteiger partial charge is 0.459 e. The van der Waals surface area contributed by atoms with E-state index in [-0.39, 0.29) is 18.6 Å². The second-order valence-electron chi connectivity index (χ2n) is 6.07. The quantitative estimate of drug-likeness (QED) is 0.382. The molecule has 0 rings (SSSR count). The van der Waals surface area contributed by atoms with Crippen molar-refractivity contribution in [1.29, 1.82) is 0 Å². The standard InChI is InChI=1S/C16H29NO4/c1-6-13(3)12-16(4,5)8-9-17-15(19)21-11-10-20-14(18)7-2/h7,13H,2,6,8-12H2,1,3-5H3,(H,17,19). The molecular weight excluding hydrogens is 270 g/mol. The maximum absolute atomic E-state index is 11.4. The highest BCUT2D eigenvalue weighted by molar-refractivity contribution is 5.81. The van der Waals surface area contributed by atoms with Crippen molar-refractivity contribution in [2.45, 2.75) is 47.0 Å². The number of nitrogens with one attached hydrogen (secondary N) is 1. The number of carbonyl (C=O) groups excluding carboxylic acids is 2. The van der Waals surface area contributed by atoms with Gasteiger partial charge in [0.2, 0.25) is 0 Å². The first kappa shape index (κ1) is 19.5. The van der Waals surface area contributed by atoms with Gasteiger partial charge < -0.3 is 14.8 Å². The lowest BCUT2D eigenvalue weighted by molar-refractivity contribution is -0.138. The molecule has 5 heteroatoms. The molecule has 0 radical (unpaired) electrons. The van der Waals surface area contributed by atoms with E-state index in [2.05, 4.69) is 39.6 Å². The Hall–Kier alpha value is -1.52. The molecule has 0 aromatic rings. The van der Waals surface area contributed by atoms with Gasteiger partial charge in [-0.2, -0.15) is 0 Å². The average Bonchev–Trinajstić information content (AvgIpc) is 2.42. The predicted octanol–water partition coefficient (Wildman–Crippen LogP) is 3.29. The molecule has 1 amide bonds. The van der Waals surface area contributed by atoms with Gasteiger partial charge >= 0.3 is 12.1 Å². The molecule has 21 heavy (non-hydrogen) atoms. The molecular formula is C16H29NO4. The van der Waals surface area contributed by atoms with E-state index in [1.54, 1.807) is 0 Å². The molecule has 0 aromatic carbocycles. The second kappa shape index (κ2) is 10.2. The number of carbonyl (C=O) groups is 2. The summed E-state index contributed by atoms with van der Waals surface area (Å²) in [6.45, 7) is 12.8. The Balaban J connectivity index is 3.74. The van der Waals surface area contributed by atoms with E-state index in [0.29, 0.717) is 12.5 Å². The van der Waals surface area contributed by atoms with Gasteiger partial charge in [0.15, 0.2) is 0 Å². The van der Waals surface area contributed by atoms with E-state index in [9.17, 15) is 9.59 Å². The van der Waals surface area contributed by atoms with Crippen LogP contribution in [0.15, 0.2) is 12.7 Å². The molecule has 0 aromatic heterocycles. The molecule has 5 nitrogen and oxygen atoms in total. The zero-order valence-electron chi connectivity index (χ0n) is 13.7. The molecule has 0 fully saturated rings. The van der Waals surface area contributed by atoms with Gasteiger partial charge in [0.05, 0.1) is 0 Å². The van der Waals surface area contributed by atoms with Crippen LogP contribution in [0.3, 0.4) is 0 Å². The first-order chi connectivity index (χ1) is 9.80. The van der Waals surface area contributed by atoms with Crippen molar-refractivity contribution < 1.29 is 19.1 Å². The van der Waals surface area contributed by atoms with Gasteiger partial charge in [0.25, 0.3) is 0 Å². The maximum Gasteiger partial charge on any atom is 0.407 e. The van der Waals surface area contributed by atoms with Crippen molar-refractivity contribution in [1.82, 2.24) is 5.32 Å². The third-order valence-corrected chi connectivity index (χ3v) is 3.40. The molecule has 122 valence electrons. The Labute approximate surface area is 128 Å². The van der Waals surface area contributed by atoms with E-state index >= 15 is 0 Å². The monoisotopic (exact) mass is 299 g/mol. The molecule has 0 aliphatic heterocycles. The van der Waals surface area contributed by atoms with Crippen molar-refractivity contribution in [3.05, 3.63) is 12.7 Å². The minimum Gasteiger partial charge on any atom is -0.459 e. The zero-order chi connectivity index (χ0) is 16.3. The zero-order valence-corrected chi connectivity index (χ0v) is 13.7. The van der Waals surface area contributed by atoms with Crippen LogP contribution < -0.4 is 5.32 Å². The van der Waals surface area contributed by atoms with Crippen LogP contribution in [0.25, 0.3) is 0 Å². The van der Waals surface area contributed by atoms with Crippen molar-refractivity contribution in [2.75, 3.05) is 19.8 Å². The van der Waals surface area contributed by atoms with Gasteiger partial charge in [0, 0.05) is 12.6 Å². The summed E-state index contributed by atoms with van der Waals surface area (Å²) in [7, 11) is 0. The average molecular weight is 299 g/mol. The molecule has 0 spiro atoms. The van der Waals surface area contributed by atoms with Crippen LogP contribution in [0.1, 0.15) is 47.0 Å². The van der Waals surface area contributed by atoms with Crippen molar-refractivity contribution >= 4 is 12.1 Å². The van der Waals surface area contributed by atoms with Gasteiger partial charge in [-0.25, -0.2) is 9.59 Å². The summed E-state index contributed by atoms with van der Waals surface area (Å²) >= 11 is 0. The van der Waals surface area contributed by atoms with Crippen molar-refractivity contribution in [3.63, 3.8) is 0 Å². The number of rotatable bonds is 10. The smallest absolute Gasteiger partial charge is 0.407 e. The number of hydrogen-bond donors (Lipinski definition) is 1. The topological polar surface area (TPSA) is 64.6 Å². The van der Waals surface area contributed by atoms with Crippen LogP contribution in [0.5, 0.6) is 0 Å². The highest BCUT2D eigenvalue weighted by Crippen LogP contribution is 2.29. The van der Waals surface area contributed by atoms with Crippen LogP contribution in [0.4, 0.5) is 4.79 Å². The second-order valence-corrected chi connectivity index (χ2v) is 6.07. The molecule has 0 heterocycles. The summed E-state index contributed by atoms with van der Waals surface area (Å²) in [5.74, 6) is 0.164. The van der Waals surface area contributed by atoms with Gasteiger partial charge in [-0.05, 0) is 24.2 Å². The van der Waals surface area contributed by atoms with Gasteiger partial charge in [-0.1, -0.05) is 40.7 Å². The van der Waals surface area contributed by atoms with E-state index in [0.717, 1.165) is 18.9 Å². The Bertz CT molecular complexity index is 339. The Morgan fingerprint density at radius 1 is 1.29 bits per heavy atom. The fourth-order valence-electron chi connectivity index (χ4n) is 2.08. The molecule has 1 unspecified atom stereocenters. The van der Waals surface area contributed by atoms with E-state index in [4.69, 9.17) is 9.47 Å². The fraction of sp³-hybridized carbons (Fsp3) is 0.750. The molecule has 0 saturated carbocycles. The SMILES string of the molecule is C=CC(=O)OCCOC(=O)NCCC(C)(C)CC(C)CC. The molecule has 0 aliphatic rings. The molecule has 0 bridgehead atoms. The minimum atomic E-state index is -0.522. The van der Waals surface area contributed by atoms with Crippen LogP contribution in [-0.2, 0) is 14.3 Å². The molecule has 0 aliphatic carbocycles. The van der Waals surface area contributed by atoms with Crippen molar-refractivity contribution in [2.24, 2.45) is 11.3 Å². The third kappa shape index (κ3) is 10.9. The lowest BCUT2D eigenvalue weighted by Gasteiger charge is -2.27. The Morgan fingerprint density at radius 3 is 2.48 bits per heavy atom. The van der Waals surface area contributed by atoms with Crippen LogP contribution >= 0.6 is 0 Å². The first-order valence-corrected chi connectivity index (χ1v) is 7.50. The summed E-state index contributed by atoms with van der Waals surface area (Å²) in [6, 6.07) is 0. The van der Waals surface area contributed by atoms with Crippen LogP contribution in [0.2, 0.25) is 0 Å². The number of ether oxygens (including phenoxy) is 2. The Kier molecular flexibility index (Phi) is 9.50. The fourth-order valence-corrected chi connectivity index (χ4v) is 2.08. The first-order valence-electron chi connectivity index (χ1n) is 7.50. The van der Waals surface area contributed by atoms with E-state index < -0.39 is 12.1 Å². The van der Waals surface area contributed by atoms with Gasteiger partial charge in [-0.15, -0.1) is 0 Å². The van der Waals surface area contributed by atoms with Gasteiger partial charge in [-0.3, -0.25) is 0 Å². The highest BCUT2D eigenvalue weighted by Gasteiger charge is 2.20.